The number of rotatable bonds is 11. The van der Waals surface area contributed by atoms with Crippen molar-refractivity contribution in [2.45, 2.75) is 52.6 Å². The lowest BCUT2D eigenvalue weighted by atomic mass is 10.0. The quantitative estimate of drug-likeness (QED) is 0.567. The van der Waals surface area contributed by atoms with E-state index in [1.807, 2.05) is 32.0 Å². The second-order valence-corrected chi connectivity index (χ2v) is 7.13. The van der Waals surface area contributed by atoms with E-state index in [9.17, 15) is 19.8 Å². The van der Waals surface area contributed by atoms with Crippen LogP contribution in [0.15, 0.2) is 24.3 Å². The molecule has 0 bridgehead atoms. The van der Waals surface area contributed by atoms with Gasteiger partial charge in [-0.25, -0.2) is 0 Å². The molecule has 0 unspecified atom stereocenters. The molecule has 6 heteroatoms. The van der Waals surface area contributed by atoms with E-state index >= 15 is 0 Å². The van der Waals surface area contributed by atoms with Crippen molar-refractivity contribution in [1.29, 1.82) is 0 Å². The highest BCUT2D eigenvalue weighted by Gasteiger charge is 2.26. The normalized spacial score (nSPS) is 13.7. The Bertz CT molecular complexity index is 571. The molecule has 0 aliphatic rings. The number of carboxylic acids is 2. The summed E-state index contributed by atoms with van der Waals surface area (Å²) in [5.41, 5.74) is 0.787. The van der Waals surface area contributed by atoms with Crippen molar-refractivity contribution in [3.8, 4) is 5.75 Å². The Morgan fingerprint density at radius 1 is 1.04 bits per heavy atom. The highest BCUT2D eigenvalue weighted by molar-refractivity contribution is 5.77. The van der Waals surface area contributed by atoms with Crippen LogP contribution in [0.5, 0.6) is 5.75 Å². The van der Waals surface area contributed by atoms with Crippen LogP contribution in [-0.2, 0) is 16.0 Å². The van der Waals surface area contributed by atoms with Crippen LogP contribution in [0.3, 0.4) is 0 Å². The van der Waals surface area contributed by atoms with E-state index in [2.05, 4.69) is 19.2 Å². The zero-order valence-electron chi connectivity index (χ0n) is 15.4. The summed E-state index contributed by atoms with van der Waals surface area (Å²) in [6.07, 6.45) is 0.562. The average Bonchev–Trinajstić information content (AvgIpc) is 2.51. The molecule has 140 valence electrons. The van der Waals surface area contributed by atoms with Crippen LogP contribution in [0.2, 0.25) is 0 Å². The number of hydrogen-bond acceptors (Lipinski definition) is 4. The third-order valence-corrected chi connectivity index (χ3v) is 3.63. The van der Waals surface area contributed by atoms with Gasteiger partial charge in [0, 0.05) is 0 Å². The third-order valence-electron chi connectivity index (χ3n) is 3.63. The fourth-order valence-electron chi connectivity index (χ4n) is 2.43. The summed E-state index contributed by atoms with van der Waals surface area (Å²) in [6, 6.07) is 5.40. The topological polar surface area (TPSA) is 95.9 Å². The van der Waals surface area contributed by atoms with Gasteiger partial charge in [-0.1, -0.05) is 39.8 Å². The number of ether oxygens (including phenoxy) is 1. The standard InChI is InChI=1S/C19H29NO5/c1-12(2)8-16(18(21)22)20-17(19(23)24)10-14-6-5-7-15(9-14)25-11-13(3)4/h5-7,9,12-13,16-17,20H,8,10-11H2,1-4H3,(H,21,22)(H,23,24)/t16-,17-/m0/s1. The molecule has 2 atom stereocenters. The molecule has 0 fully saturated rings. The number of carbonyl (C=O) groups is 2. The molecule has 0 amide bonds. The Balaban J connectivity index is 2.82. The maximum absolute atomic E-state index is 11.6. The van der Waals surface area contributed by atoms with Gasteiger partial charge in [-0.3, -0.25) is 14.9 Å². The summed E-state index contributed by atoms with van der Waals surface area (Å²) in [5, 5.41) is 21.5. The number of hydrogen-bond donors (Lipinski definition) is 3. The van der Waals surface area contributed by atoms with E-state index in [-0.39, 0.29) is 12.3 Å². The van der Waals surface area contributed by atoms with Crippen LogP contribution in [0.1, 0.15) is 39.7 Å². The van der Waals surface area contributed by atoms with Crippen molar-refractivity contribution in [1.82, 2.24) is 5.32 Å². The van der Waals surface area contributed by atoms with Crippen LogP contribution in [-0.4, -0.2) is 40.8 Å². The molecule has 0 heterocycles. The Morgan fingerprint density at radius 3 is 2.20 bits per heavy atom. The monoisotopic (exact) mass is 351 g/mol. The van der Waals surface area contributed by atoms with Crippen LogP contribution in [0.25, 0.3) is 0 Å². The predicted molar refractivity (Wildman–Crippen MR) is 95.9 cm³/mol. The second-order valence-electron chi connectivity index (χ2n) is 7.13. The van der Waals surface area contributed by atoms with Gasteiger partial charge in [0.05, 0.1) is 6.61 Å². The first-order chi connectivity index (χ1) is 11.7. The lowest BCUT2D eigenvalue weighted by Gasteiger charge is -2.22. The molecule has 6 nitrogen and oxygen atoms in total. The molecule has 1 rings (SSSR count). The molecule has 0 aliphatic carbocycles. The average molecular weight is 351 g/mol. The van der Waals surface area contributed by atoms with Crippen molar-refractivity contribution in [3.63, 3.8) is 0 Å². The highest BCUT2D eigenvalue weighted by Crippen LogP contribution is 2.16. The van der Waals surface area contributed by atoms with Gasteiger partial charge in [-0.2, -0.15) is 0 Å². The summed E-state index contributed by atoms with van der Waals surface area (Å²) >= 11 is 0. The molecule has 25 heavy (non-hydrogen) atoms. The minimum Gasteiger partial charge on any atom is -0.493 e. The molecule has 1 aromatic carbocycles. The van der Waals surface area contributed by atoms with Crippen molar-refractivity contribution < 1.29 is 24.5 Å². The zero-order chi connectivity index (χ0) is 19.0. The fraction of sp³-hybridized carbons (Fsp3) is 0.579. The van der Waals surface area contributed by atoms with E-state index in [0.29, 0.717) is 24.7 Å². The number of carboxylic acid groups (broad SMARTS) is 2. The van der Waals surface area contributed by atoms with E-state index < -0.39 is 24.0 Å². The Morgan fingerprint density at radius 2 is 1.68 bits per heavy atom. The van der Waals surface area contributed by atoms with Crippen molar-refractivity contribution in [2.75, 3.05) is 6.61 Å². The van der Waals surface area contributed by atoms with Crippen LogP contribution < -0.4 is 10.1 Å². The van der Waals surface area contributed by atoms with Gasteiger partial charge in [0.2, 0.25) is 0 Å². The summed E-state index contributed by atoms with van der Waals surface area (Å²) in [4.78, 5) is 22.9. The Hall–Kier alpha value is -2.08. The summed E-state index contributed by atoms with van der Waals surface area (Å²) in [6.45, 7) is 8.50. The minimum absolute atomic E-state index is 0.149. The van der Waals surface area contributed by atoms with Gasteiger partial charge in [-0.05, 0) is 42.4 Å². The first kappa shape index (κ1) is 21.0. The number of aliphatic carboxylic acids is 2. The van der Waals surface area contributed by atoms with Gasteiger partial charge in [0.15, 0.2) is 0 Å². The van der Waals surface area contributed by atoms with Crippen LogP contribution in [0.4, 0.5) is 0 Å². The van der Waals surface area contributed by atoms with Crippen LogP contribution >= 0.6 is 0 Å². The third kappa shape index (κ3) is 8.03. The maximum Gasteiger partial charge on any atom is 0.321 e. The Labute approximate surface area is 149 Å². The molecule has 0 aromatic heterocycles. The largest absolute Gasteiger partial charge is 0.493 e. The van der Waals surface area contributed by atoms with Gasteiger partial charge in [0.1, 0.15) is 17.8 Å². The molecular formula is C19H29NO5. The summed E-state index contributed by atoms with van der Waals surface area (Å²) in [7, 11) is 0. The highest BCUT2D eigenvalue weighted by atomic mass is 16.5. The van der Waals surface area contributed by atoms with E-state index in [0.717, 1.165) is 5.56 Å². The summed E-state index contributed by atoms with van der Waals surface area (Å²) in [5.74, 6) is -0.870. The Kier molecular flexibility index (Phi) is 8.41. The predicted octanol–water partition coefficient (Wildman–Crippen LogP) is 2.81. The van der Waals surface area contributed by atoms with Crippen molar-refractivity contribution >= 4 is 11.9 Å². The lowest BCUT2D eigenvalue weighted by Crippen LogP contribution is -2.48. The van der Waals surface area contributed by atoms with E-state index in [1.54, 1.807) is 6.07 Å². The first-order valence-corrected chi connectivity index (χ1v) is 8.62. The van der Waals surface area contributed by atoms with Crippen molar-refractivity contribution in [2.24, 2.45) is 11.8 Å². The van der Waals surface area contributed by atoms with E-state index in [4.69, 9.17) is 4.74 Å². The fourth-order valence-corrected chi connectivity index (χ4v) is 2.43. The van der Waals surface area contributed by atoms with Gasteiger partial charge >= 0.3 is 11.9 Å². The van der Waals surface area contributed by atoms with Crippen molar-refractivity contribution in [3.05, 3.63) is 29.8 Å². The maximum atomic E-state index is 11.6. The van der Waals surface area contributed by atoms with Gasteiger partial charge < -0.3 is 14.9 Å². The molecular weight excluding hydrogens is 322 g/mol. The molecule has 1 aromatic rings. The molecule has 0 saturated heterocycles. The molecule has 0 saturated carbocycles. The second kappa shape index (κ2) is 10.0. The summed E-state index contributed by atoms with van der Waals surface area (Å²) < 4.78 is 5.66. The SMILES string of the molecule is CC(C)COc1cccc(C[C@H](N[C@@H](CC(C)C)C(=O)O)C(=O)O)c1. The minimum atomic E-state index is -1.07. The molecule has 0 radical (unpaired) electrons. The van der Waals surface area contributed by atoms with Gasteiger partial charge in [0.25, 0.3) is 0 Å². The van der Waals surface area contributed by atoms with E-state index in [1.165, 1.54) is 0 Å². The smallest absolute Gasteiger partial charge is 0.321 e. The zero-order valence-corrected chi connectivity index (χ0v) is 15.4. The number of nitrogens with one attached hydrogen (secondary N) is 1. The lowest BCUT2D eigenvalue weighted by molar-refractivity contribution is -0.142. The molecule has 3 N–H and O–H groups in total. The molecule has 0 aliphatic heterocycles. The number of benzene rings is 1. The van der Waals surface area contributed by atoms with Crippen LogP contribution in [0, 0.1) is 11.8 Å². The first-order valence-electron chi connectivity index (χ1n) is 8.62. The molecule has 0 spiro atoms. The van der Waals surface area contributed by atoms with Gasteiger partial charge in [-0.15, -0.1) is 0 Å².